The van der Waals surface area contributed by atoms with Crippen molar-refractivity contribution in [3.05, 3.63) is 23.9 Å². The summed E-state index contributed by atoms with van der Waals surface area (Å²) in [5.41, 5.74) is 6.06. The molecule has 5 nitrogen and oxygen atoms in total. The van der Waals surface area contributed by atoms with Gasteiger partial charge in [-0.2, -0.15) is 0 Å². The van der Waals surface area contributed by atoms with Gasteiger partial charge in [-0.1, -0.05) is 0 Å². The number of aromatic nitrogens is 1. The molecule has 1 aromatic rings. The van der Waals surface area contributed by atoms with Crippen molar-refractivity contribution in [3.8, 4) is 0 Å². The van der Waals surface area contributed by atoms with Gasteiger partial charge < -0.3 is 15.7 Å². The zero-order chi connectivity index (χ0) is 11.3. The Morgan fingerprint density at radius 1 is 1.67 bits per heavy atom. The molecule has 0 saturated heterocycles. The van der Waals surface area contributed by atoms with Crippen LogP contribution in [0.3, 0.4) is 0 Å². The fourth-order valence-corrected chi connectivity index (χ4v) is 1.39. The van der Waals surface area contributed by atoms with Crippen LogP contribution in [-0.2, 0) is 0 Å². The van der Waals surface area contributed by atoms with Crippen molar-refractivity contribution in [1.29, 1.82) is 5.41 Å². The highest BCUT2D eigenvalue weighted by Gasteiger charge is 2.11. The Kier molecular flexibility index (Phi) is 4.05. The van der Waals surface area contributed by atoms with Crippen LogP contribution in [0.25, 0.3) is 0 Å². The Morgan fingerprint density at radius 2 is 2.40 bits per heavy atom. The molecular formula is C10H16N4O. The standard InChI is InChI=1S/C10H16N4O/c1-2-14(6-7-15)10-8(9(11)12)4-3-5-13-10/h3-5,15H,2,6-7H2,1H3,(H3,11,12). The zero-order valence-electron chi connectivity index (χ0n) is 8.77. The first-order valence-electron chi connectivity index (χ1n) is 4.86. The highest BCUT2D eigenvalue weighted by molar-refractivity contribution is 5.99. The number of aliphatic hydroxyl groups is 1. The summed E-state index contributed by atoms with van der Waals surface area (Å²) < 4.78 is 0. The maximum absolute atomic E-state index is 8.90. The molecule has 0 spiro atoms. The Morgan fingerprint density at radius 3 is 2.93 bits per heavy atom. The summed E-state index contributed by atoms with van der Waals surface area (Å²) in [6.07, 6.45) is 1.65. The predicted molar refractivity (Wildman–Crippen MR) is 60.2 cm³/mol. The van der Waals surface area contributed by atoms with E-state index in [0.717, 1.165) is 6.54 Å². The van der Waals surface area contributed by atoms with Crippen LogP contribution in [0.15, 0.2) is 18.3 Å². The third-order valence-corrected chi connectivity index (χ3v) is 2.13. The van der Waals surface area contributed by atoms with Crippen molar-refractivity contribution < 1.29 is 5.11 Å². The average Bonchev–Trinajstić information content (AvgIpc) is 2.26. The smallest absolute Gasteiger partial charge is 0.139 e. The van der Waals surface area contributed by atoms with Crippen molar-refractivity contribution in [1.82, 2.24) is 4.98 Å². The number of nitrogen functional groups attached to an aromatic ring is 1. The van der Waals surface area contributed by atoms with Crippen molar-refractivity contribution in [2.24, 2.45) is 5.73 Å². The van der Waals surface area contributed by atoms with E-state index in [1.165, 1.54) is 0 Å². The second-order valence-electron chi connectivity index (χ2n) is 3.09. The number of anilines is 1. The molecule has 0 bridgehead atoms. The molecule has 0 aliphatic carbocycles. The second-order valence-corrected chi connectivity index (χ2v) is 3.09. The first-order chi connectivity index (χ1) is 7.20. The first-order valence-corrected chi connectivity index (χ1v) is 4.86. The number of amidine groups is 1. The molecule has 15 heavy (non-hydrogen) atoms. The van der Waals surface area contributed by atoms with Crippen LogP contribution in [-0.4, -0.2) is 35.6 Å². The zero-order valence-corrected chi connectivity index (χ0v) is 8.77. The molecule has 0 radical (unpaired) electrons. The van der Waals surface area contributed by atoms with Gasteiger partial charge in [0, 0.05) is 19.3 Å². The molecule has 1 aromatic heterocycles. The van der Waals surface area contributed by atoms with Gasteiger partial charge in [0.2, 0.25) is 0 Å². The van der Waals surface area contributed by atoms with Gasteiger partial charge in [0.25, 0.3) is 0 Å². The maximum atomic E-state index is 8.90. The largest absolute Gasteiger partial charge is 0.395 e. The van der Waals surface area contributed by atoms with E-state index in [1.54, 1.807) is 18.3 Å². The molecule has 82 valence electrons. The number of aliphatic hydroxyl groups excluding tert-OH is 1. The summed E-state index contributed by atoms with van der Waals surface area (Å²) >= 11 is 0. The average molecular weight is 208 g/mol. The summed E-state index contributed by atoms with van der Waals surface area (Å²) in [5, 5.41) is 16.3. The third-order valence-electron chi connectivity index (χ3n) is 2.13. The highest BCUT2D eigenvalue weighted by Crippen LogP contribution is 2.15. The topological polar surface area (TPSA) is 86.2 Å². The lowest BCUT2D eigenvalue weighted by molar-refractivity contribution is 0.302. The minimum absolute atomic E-state index is 0.00510. The van der Waals surface area contributed by atoms with E-state index in [2.05, 4.69) is 4.98 Å². The van der Waals surface area contributed by atoms with E-state index in [0.29, 0.717) is 17.9 Å². The molecule has 0 saturated carbocycles. The van der Waals surface area contributed by atoms with Crippen LogP contribution in [0.5, 0.6) is 0 Å². The van der Waals surface area contributed by atoms with Crippen LogP contribution < -0.4 is 10.6 Å². The first kappa shape index (κ1) is 11.5. The van der Waals surface area contributed by atoms with Gasteiger partial charge in [0.15, 0.2) is 0 Å². The molecule has 0 aliphatic heterocycles. The Labute approximate surface area is 89.1 Å². The van der Waals surface area contributed by atoms with Gasteiger partial charge in [-0.15, -0.1) is 0 Å². The summed E-state index contributed by atoms with van der Waals surface area (Å²) in [6, 6.07) is 3.50. The van der Waals surface area contributed by atoms with E-state index >= 15 is 0 Å². The van der Waals surface area contributed by atoms with Crippen LogP contribution in [0.1, 0.15) is 12.5 Å². The van der Waals surface area contributed by atoms with Gasteiger partial charge in [0.1, 0.15) is 11.7 Å². The number of rotatable bonds is 5. The monoisotopic (exact) mass is 208 g/mol. The quantitative estimate of drug-likeness (QED) is 0.476. The minimum Gasteiger partial charge on any atom is -0.395 e. The number of hydrogen-bond acceptors (Lipinski definition) is 4. The molecular weight excluding hydrogens is 192 g/mol. The molecule has 0 fully saturated rings. The van der Waals surface area contributed by atoms with E-state index in [9.17, 15) is 0 Å². The number of nitrogens with two attached hydrogens (primary N) is 1. The molecule has 0 aromatic carbocycles. The fourth-order valence-electron chi connectivity index (χ4n) is 1.39. The van der Waals surface area contributed by atoms with Gasteiger partial charge in [-0.3, -0.25) is 5.41 Å². The van der Waals surface area contributed by atoms with Crippen molar-refractivity contribution in [2.75, 3.05) is 24.6 Å². The van der Waals surface area contributed by atoms with E-state index < -0.39 is 0 Å². The fraction of sp³-hybridized carbons (Fsp3) is 0.400. The van der Waals surface area contributed by atoms with Gasteiger partial charge in [-0.25, -0.2) is 4.98 Å². The molecule has 4 N–H and O–H groups in total. The molecule has 1 heterocycles. The Hall–Kier alpha value is -1.62. The lowest BCUT2D eigenvalue weighted by Gasteiger charge is -2.22. The lowest BCUT2D eigenvalue weighted by atomic mass is 10.2. The van der Waals surface area contributed by atoms with Crippen LogP contribution in [0.4, 0.5) is 5.82 Å². The van der Waals surface area contributed by atoms with Crippen LogP contribution in [0, 0.1) is 5.41 Å². The number of hydrogen-bond donors (Lipinski definition) is 3. The van der Waals surface area contributed by atoms with E-state index in [1.807, 2.05) is 11.8 Å². The van der Waals surface area contributed by atoms with Gasteiger partial charge in [0.05, 0.1) is 12.2 Å². The van der Waals surface area contributed by atoms with Crippen molar-refractivity contribution in [3.63, 3.8) is 0 Å². The van der Waals surface area contributed by atoms with E-state index in [4.69, 9.17) is 16.2 Å². The number of pyridine rings is 1. The second kappa shape index (κ2) is 5.31. The SMILES string of the molecule is CCN(CCO)c1ncccc1C(=N)N. The van der Waals surface area contributed by atoms with Crippen LogP contribution >= 0.6 is 0 Å². The minimum atomic E-state index is -0.00510. The Bertz CT molecular complexity index is 340. The molecule has 0 amide bonds. The number of nitrogens with one attached hydrogen (secondary N) is 1. The van der Waals surface area contributed by atoms with E-state index in [-0.39, 0.29) is 12.4 Å². The van der Waals surface area contributed by atoms with Crippen molar-refractivity contribution in [2.45, 2.75) is 6.92 Å². The molecule has 0 atom stereocenters. The number of nitrogens with zero attached hydrogens (tertiary/aromatic N) is 2. The molecule has 0 aliphatic rings. The lowest BCUT2D eigenvalue weighted by Crippen LogP contribution is -2.29. The normalized spacial score (nSPS) is 10.0. The molecule has 5 heteroatoms. The predicted octanol–water partition coefficient (Wildman–Crippen LogP) is 0.184. The third kappa shape index (κ3) is 2.66. The van der Waals surface area contributed by atoms with Gasteiger partial charge in [-0.05, 0) is 19.1 Å². The summed E-state index contributed by atoms with van der Waals surface area (Å²) in [4.78, 5) is 6.07. The Balaban J connectivity index is 3.04. The molecule has 0 unspecified atom stereocenters. The maximum Gasteiger partial charge on any atom is 0.139 e. The van der Waals surface area contributed by atoms with Gasteiger partial charge >= 0.3 is 0 Å². The molecule has 1 rings (SSSR count). The number of likely N-dealkylation sites (N-methyl/N-ethyl adjacent to an activating group) is 1. The summed E-state index contributed by atoms with van der Waals surface area (Å²) in [6.45, 7) is 3.24. The highest BCUT2D eigenvalue weighted by atomic mass is 16.3. The van der Waals surface area contributed by atoms with Crippen molar-refractivity contribution >= 4 is 11.7 Å². The summed E-state index contributed by atoms with van der Waals surface area (Å²) in [5.74, 6) is 0.649. The summed E-state index contributed by atoms with van der Waals surface area (Å²) in [7, 11) is 0. The van der Waals surface area contributed by atoms with Crippen LogP contribution in [0.2, 0.25) is 0 Å².